The Hall–Kier alpha value is -4.17. The van der Waals surface area contributed by atoms with Crippen LogP contribution in [0.4, 0.5) is 23.8 Å². The lowest BCUT2D eigenvalue weighted by Gasteiger charge is -2.27. The summed E-state index contributed by atoms with van der Waals surface area (Å²) in [5, 5.41) is 11.8. The Labute approximate surface area is 238 Å². The van der Waals surface area contributed by atoms with Gasteiger partial charge in [-0.25, -0.2) is 9.78 Å². The molecule has 3 N–H and O–H groups in total. The molecule has 0 aliphatic carbocycles. The molecular weight excluding hydrogens is 567 g/mol. The lowest BCUT2D eigenvalue weighted by atomic mass is 10.1. The summed E-state index contributed by atoms with van der Waals surface area (Å²) in [6.07, 6.45) is -1.80. The van der Waals surface area contributed by atoms with E-state index in [2.05, 4.69) is 20.7 Å². The molecule has 0 radical (unpaired) electrons. The summed E-state index contributed by atoms with van der Waals surface area (Å²) in [5.41, 5.74) is 1.07. The topological polar surface area (TPSA) is 130 Å². The number of carbonyl (C=O) groups is 3. The van der Waals surface area contributed by atoms with Crippen molar-refractivity contribution in [3.8, 4) is 0 Å². The van der Waals surface area contributed by atoms with E-state index < -0.39 is 48.7 Å². The van der Waals surface area contributed by atoms with Gasteiger partial charge in [-0.15, -0.1) is 0 Å². The number of alkyl halides is 3. The number of aromatic nitrogens is 3. The number of amides is 4. The van der Waals surface area contributed by atoms with E-state index in [-0.39, 0.29) is 18.1 Å². The van der Waals surface area contributed by atoms with Gasteiger partial charge < -0.3 is 25.6 Å². The van der Waals surface area contributed by atoms with Gasteiger partial charge in [0.1, 0.15) is 23.6 Å². The largest absolute Gasteiger partial charge is 0.410 e. The van der Waals surface area contributed by atoms with Crippen molar-refractivity contribution >= 4 is 35.3 Å². The van der Waals surface area contributed by atoms with Crippen LogP contribution in [-0.2, 0) is 16.1 Å². The van der Waals surface area contributed by atoms with E-state index in [4.69, 9.17) is 16.3 Å². The minimum Gasteiger partial charge on any atom is -0.382 e. The minimum atomic E-state index is -4.62. The molecule has 15 heteroatoms. The lowest BCUT2D eigenvalue weighted by Crippen LogP contribution is -2.40. The fourth-order valence-electron chi connectivity index (χ4n) is 4.39. The Kier molecular flexibility index (Phi) is 9.13. The molecule has 41 heavy (non-hydrogen) atoms. The number of hydrogen-bond acceptors (Lipinski definition) is 6. The van der Waals surface area contributed by atoms with Gasteiger partial charge in [0.25, 0.3) is 11.8 Å². The van der Waals surface area contributed by atoms with Crippen LogP contribution >= 0.6 is 11.6 Å². The summed E-state index contributed by atoms with van der Waals surface area (Å²) in [6, 6.07) is 5.80. The molecule has 0 spiro atoms. The highest BCUT2D eigenvalue weighted by atomic mass is 35.5. The maximum Gasteiger partial charge on any atom is 0.410 e. The zero-order valence-corrected chi connectivity index (χ0v) is 22.7. The van der Waals surface area contributed by atoms with Gasteiger partial charge in [-0.05, 0) is 48.4 Å². The summed E-state index contributed by atoms with van der Waals surface area (Å²) in [5.74, 6) is -1.14. The summed E-state index contributed by atoms with van der Waals surface area (Å²) in [7, 11) is 1.36. The second-order valence-electron chi connectivity index (χ2n) is 9.12. The fraction of sp³-hybridized carbons (Fsp3) is 0.346. The van der Waals surface area contributed by atoms with Crippen LogP contribution in [0.15, 0.2) is 54.9 Å². The van der Waals surface area contributed by atoms with Crippen molar-refractivity contribution in [1.29, 1.82) is 0 Å². The Balaban J connectivity index is 1.58. The van der Waals surface area contributed by atoms with Gasteiger partial charge in [-0.1, -0.05) is 23.7 Å². The van der Waals surface area contributed by atoms with Gasteiger partial charge in [-0.2, -0.15) is 18.3 Å². The number of pyridine rings is 1. The predicted octanol–water partition coefficient (Wildman–Crippen LogP) is 3.70. The van der Waals surface area contributed by atoms with Gasteiger partial charge in [0, 0.05) is 31.1 Å². The third-order valence-corrected chi connectivity index (χ3v) is 6.70. The number of rotatable bonds is 10. The van der Waals surface area contributed by atoms with Crippen LogP contribution in [0, 0.1) is 0 Å². The van der Waals surface area contributed by atoms with Gasteiger partial charge in [0.15, 0.2) is 0 Å². The molecule has 0 unspecified atom stereocenters. The average molecular weight is 594 g/mol. The standard InChI is InChI=1S/C26H27ClF3N7O4/c1-3-37-18(9-11-32-37)23(38)35-22(15-4-6-17(27)7-5-15)24(39)34-21-12-16(8-10-31-21)19(14-41-2)36-13-20(26(28,29)30)33-25(36)40/h4-12,19-20,22H,3,13-14H2,1-2H3,(H,33,40)(H,35,38)(H,31,34,39)/t19-,20+,22+/m1/s1. The Bertz CT molecular complexity index is 1400. The number of benzene rings is 1. The zero-order chi connectivity index (χ0) is 29.7. The zero-order valence-electron chi connectivity index (χ0n) is 22.0. The van der Waals surface area contributed by atoms with E-state index in [9.17, 15) is 27.6 Å². The van der Waals surface area contributed by atoms with Crippen molar-refractivity contribution in [2.24, 2.45) is 0 Å². The van der Waals surface area contributed by atoms with E-state index in [0.29, 0.717) is 22.7 Å². The van der Waals surface area contributed by atoms with Crippen molar-refractivity contribution in [2.45, 2.75) is 37.8 Å². The van der Waals surface area contributed by atoms with Crippen molar-refractivity contribution in [3.63, 3.8) is 0 Å². The maximum atomic E-state index is 13.5. The van der Waals surface area contributed by atoms with Crippen molar-refractivity contribution in [3.05, 3.63) is 76.7 Å². The van der Waals surface area contributed by atoms with Gasteiger partial charge in [0.05, 0.1) is 19.2 Å². The monoisotopic (exact) mass is 593 g/mol. The number of halogens is 4. The molecule has 1 aromatic carbocycles. The van der Waals surface area contributed by atoms with Crippen LogP contribution in [0.3, 0.4) is 0 Å². The van der Waals surface area contributed by atoms with Crippen LogP contribution in [-0.4, -0.2) is 70.0 Å². The number of nitrogens with zero attached hydrogens (tertiary/aromatic N) is 4. The summed E-state index contributed by atoms with van der Waals surface area (Å²) in [6.45, 7) is 1.53. The first-order valence-corrected chi connectivity index (χ1v) is 12.9. The highest BCUT2D eigenvalue weighted by molar-refractivity contribution is 6.30. The van der Waals surface area contributed by atoms with Crippen LogP contribution in [0.5, 0.6) is 0 Å². The number of methoxy groups -OCH3 is 1. The second-order valence-corrected chi connectivity index (χ2v) is 9.56. The average Bonchev–Trinajstić information content (AvgIpc) is 3.57. The molecule has 3 aromatic rings. The number of hydrogen-bond donors (Lipinski definition) is 3. The molecule has 0 bridgehead atoms. The van der Waals surface area contributed by atoms with Crippen molar-refractivity contribution < 1.29 is 32.3 Å². The first kappa shape index (κ1) is 29.8. The van der Waals surface area contributed by atoms with E-state index in [0.717, 1.165) is 4.90 Å². The molecule has 1 saturated heterocycles. The molecule has 3 heterocycles. The summed E-state index contributed by atoms with van der Waals surface area (Å²) in [4.78, 5) is 44.1. The molecule has 3 atom stereocenters. The smallest absolute Gasteiger partial charge is 0.382 e. The number of urea groups is 1. The first-order chi connectivity index (χ1) is 19.5. The van der Waals surface area contributed by atoms with Crippen LogP contribution < -0.4 is 16.0 Å². The maximum absolute atomic E-state index is 13.5. The third-order valence-electron chi connectivity index (χ3n) is 6.44. The molecule has 4 amide bonds. The van der Waals surface area contributed by atoms with Crippen LogP contribution in [0.2, 0.25) is 5.02 Å². The normalized spacial score (nSPS) is 16.7. The lowest BCUT2D eigenvalue weighted by molar-refractivity contribution is -0.150. The minimum absolute atomic E-state index is 0.0485. The molecule has 1 fully saturated rings. The van der Waals surface area contributed by atoms with Crippen LogP contribution in [0.1, 0.15) is 40.6 Å². The molecule has 0 saturated carbocycles. The molecule has 1 aliphatic rings. The number of carbonyl (C=O) groups excluding carboxylic acids is 3. The Morgan fingerprint density at radius 3 is 2.54 bits per heavy atom. The van der Waals surface area contributed by atoms with E-state index in [1.807, 2.05) is 12.2 Å². The molecule has 1 aliphatic heterocycles. The Morgan fingerprint density at radius 2 is 1.90 bits per heavy atom. The Morgan fingerprint density at radius 1 is 1.17 bits per heavy atom. The fourth-order valence-corrected chi connectivity index (χ4v) is 4.52. The second kappa shape index (κ2) is 12.6. The SMILES string of the molecule is CCn1nccc1C(=O)N[C@H](C(=O)Nc1cc([C@@H](COC)N2C[C@@H](C(F)(F)F)NC2=O)ccn1)c1ccc(Cl)cc1. The molecule has 4 rings (SSSR count). The van der Waals surface area contributed by atoms with Gasteiger partial charge >= 0.3 is 12.2 Å². The number of nitrogens with one attached hydrogen (secondary N) is 3. The molecule has 2 aromatic heterocycles. The summed E-state index contributed by atoms with van der Waals surface area (Å²) >= 11 is 6.01. The summed E-state index contributed by atoms with van der Waals surface area (Å²) < 4.78 is 46.4. The highest BCUT2D eigenvalue weighted by Crippen LogP contribution is 2.31. The number of ether oxygens (including phenoxy) is 1. The number of anilines is 1. The van der Waals surface area contributed by atoms with E-state index >= 15 is 0 Å². The first-order valence-electron chi connectivity index (χ1n) is 12.5. The van der Waals surface area contributed by atoms with Crippen LogP contribution in [0.25, 0.3) is 0 Å². The quantitative estimate of drug-likeness (QED) is 0.329. The highest BCUT2D eigenvalue weighted by Gasteiger charge is 2.48. The molecule has 11 nitrogen and oxygen atoms in total. The van der Waals surface area contributed by atoms with Crippen molar-refractivity contribution in [2.75, 3.05) is 25.6 Å². The van der Waals surface area contributed by atoms with Gasteiger partial charge in [0.2, 0.25) is 0 Å². The van der Waals surface area contributed by atoms with Crippen molar-refractivity contribution in [1.82, 2.24) is 30.3 Å². The van der Waals surface area contributed by atoms with E-state index in [1.165, 1.54) is 42.4 Å². The third kappa shape index (κ3) is 6.95. The number of aryl methyl sites for hydroxylation is 1. The van der Waals surface area contributed by atoms with E-state index in [1.54, 1.807) is 24.3 Å². The molecule has 218 valence electrons. The predicted molar refractivity (Wildman–Crippen MR) is 142 cm³/mol. The molecular formula is C26H27ClF3N7O4. The van der Waals surface area contributed by atoms with Gasteiger partial charge in [-0.3, -0.25) is 14.3 Å².